The lowest BCUT2D eigenvalue weighted by Gasteiger charge is -2.26. The zero-order valence-corrected chi connectivity index (χ0v) is 11.7. The first-order valence-electron chi connectivity index (χ1n) is 6.99. The minimum absolute atomic E-state index is 0.181. The standard InChI is InChI=1S/C13H28N2O3/c1-12(2)18-11-13(16)10-14-4-3-5-15-6-8-17-9-7-15/h12-14,16H,3-11H2,1-2H3. The fourth-order valence-corrected chi connectivity index (χ4v) is 1.88. The lowest BCUT2D eigenvalue weighted by molar-refractivity contribution is 0.00623. The SMILES string of the molecule is CC(C)OCC(O)CNCCCN1CCOCC1. The molecule has 1 rings (SSSR count). The molecule has 0 bridgehead atoms. The molecule has 1 aliphatic rings. The third-order valence-corrected chi connectivity index (χ3v) is 2.93. The molecular weight excluding hydrogens is 232 g/mol. The number of aliphatic hydroxyl groups excluding tert-OH is 1. The molecule has 1 heterocycles. The molecule has 0 radical (unpaired) electrons. The van der Waals surface area contributed by atoms with Crippen LogP contribution in [0.3, 0.4) is 0 Å². The van der Waals surface area contributed by atoms with Crippen LogP contribution in [0.5, 0.6) is 0 Å². The highest BCUT2D eigenvalue weighted by molar-refractivity contribution is 4.64. The Hall–Kier alpha value is -0.200. The second-order valence-corrected chi connectivity index (χ2v) is 5.05. The van der Waals surface area contributed by atoms with Gasteiger partial charge in [0.05, 0.1) is 32.0 Å². The van der Waals surface area contributed by atoms with E-state index < -0.39 is 6.10 Å². The third kappa shape index (κ3) is 8.00. The van der Waals surface area contributed by atoms with Crippen LogP contribution in [-0.4, -0.2) is 74.8 Å². The Bertz CT molecular complexity index is 197. The van der Waals surface area contributed by atoms with Crippen LogP contribution in [0.2, 0.25) is 0 Å². The van der Waals surface area contributed by atoms with Gasteiger partial charge in [-0.2, -0.15) is 0 Å². The van der Waals surface area contributed by atoms with Crippen molar-refractivity contribution in [3.63, 3.8) is 0 Å². The predicted octanol–water partition coefficient (Wildman–Crippen LogP) is 0.0842. The summed E-state index contributed by atoms with van der Waals surface area (Å²) in [5.74, 6) is 0. The number of morpholine rings is 1. The van der Waals surface area contributed by atoms with Gasteiger partial charge in [0.2, 0.25) is 0 Å². The summed E-state index contributed by atoms with van der Waals surface area (Å²) >= 11 is 0. The van der Waals surface area contributed by atoms with Gasteiger partial charge in [0, 0.05) is 19.6 Å². The topological polar surface area (TPSA) is 54.0 Å². The van der Waals surface area contributed by atoms with Crippen LogP contribution in [-0.2, 0) is 9.47 Å². The van der Waals surface area contributed by atoms with E-state index in [0.717, 1.165) is 45.8 Å². The van der Waals surface area contributed by atoms with Crippen LogP contribution in [0.25, 0.3) is 0 Å². The van der Waals surface area contributed by atoms with Gasteiger partial charge in [0.1, 0.15) is 0 Å². The molecular formula is C13H28N2O3. The Balaban J connectivity index is 1.88. The van der Waals surface area contributed by atoms with Crippen molar-refractivity contribution in [3.05, 3.63) is 0 Å². The van der Waals surface area contributed by atoms with E-state index in [1.54, 1.807) is 0 Å². The van der Waals surface area contributed by atoms with Crippen molar-refractivity contribution in [1.82, 2.24) is 10.2 Å². The smallest absolute Gasteiger partial charge is 0.0897 e. The summed E-state index contributed by atoms with van der Waals surface area (Å²) in [7, 11) is 0. The summed E-state index contributed by atoms with van der Waals surface area (Å²) in [5.41, 5.74) is 0. The zero-order chi connectivity index (χ0) is 13.2. The minimum Gasteiger partial charge on any atom is -0.389 e. The van der Waals surface area contributed by atoms with Gasteiger partial charge < -0.3 is 19.9 Å². The lowest BCUT2D eigenvalue weighted by atomic mass is 10.3. The number of hydrogen-bond donors (Lipinski definition) is 2. The lowest BCUT2D eigenvalue weighted by Crippen LogP contribution is -2.38. The fraction of sp³-hybridized carbons (Fsp3) is 1.00. The summed E-state index contributed by atoms with van der Waals surface area (Å²) in [4.78, 5) is 2.42. The number of ether oxygens (including phenoxy) is 2. The van der Waals surface area contributed by atoms with E-state index in [1.807, 2.05) is 13.8 Å². The summed E-state index contributed by atoms with van der Waals surface area (Å²) in [6.07, 6.45) is 0.884. The van der Waals surface area contributed by atoms with Gasteiger partial charge in [-0.15, -0.1) is 0 Å². The average Bonchev–Trinajstić information content (AvgIpc) is 2.37. The molecule has 0 amide bonds. The van der Waals surface area contributed by atoms with Crippen molar-refractivity contribution in [3.8, 4) is 0 Å². The summed E-state index contributed by atoms with van der Waals surface area (Å²) in [6, 6.07) is 0. The molecule has 5 nitrogen and oxygen atoms in total. The van der Waals surface area contributed by atoms with Crippen LogP contribution >= 0.6 is 0 Å². The summed E-state index contributed by atoms with van der Waals surface area (Å²) in [5, 5.41) is 12.9. The molecule has 1 fully saturated rings. The number of nitrogens with one attached hydrogen (secondary N) is 1. The quantitative estimate of drug-likeness (QED) is 0.575. The molecule has 1 saturated heterocycles. The Morgan fingerprint density at radius 2 is 2.06 bits per heavy atom. The Morgan fingerprint density at radius 3 is 2.72 bits per heavy atom. The van der Waals surface area contributed by atoms with Crippen LogP contribution in [0.15, 0.2) is 0 Å². The molecule has 1 unspecified atom stereocenters. The van der Waals surface area contributed by atoms with E-state index in [4.69, 9.17) is 9.47 Å². The van der Waals surface area contributed by atoms with Crippen molar-refractivity contribution >= 4 is 0 Å². The first-order chi connectivity index (χ1) is 8.68. The maximum atomic E-state index is 9.63. The number of hydrogen-bond acceptors (Lipinski definition) is 5. The summed E-state index contributed by atoms with van der Waals surface area (Å²) in [6.45, 7) is 10.8. The normalized spacial score (nSPS) is 19.3. The maximum Gasteiger partial charge on any atom is 0.0897 e. The van der Waals surface area contributed by atoms with E-state index in [9.17, 15) is 5.11 Å². The van der Waals surface area contributed by atoms with E-state index in [2.05, 4.69) is 10.2 Å². The second kappa shape index (κ2) is 9.69. The molecule has 0 saturated carbocycles. The van der Waals surface area contributed by atoms with Gasteiger partial charge in [0.25, 0.3) is 0 Å². The molecule has 18 heavy (non-hydrogen) atoms. The highest BCUT2D eigenvalue weighted by Crippen LogP contribution is 1.97. The molecule has 2 N–H and O–H groups in total. The van der Waals surface area contributed by atoms with Crippen molar-refractivity contribution in [2.45, 2.75) is 32.5 Å². The molecule has 1 aliphatic heterocycles. The van der Waals surface area contributed by atoms with Crippen molar-refractivity contribution in [1.29, 1.82) is 0 Å². The van der Waals surface area contributed by atoms with Crippen LogP contribution in [0.4, 0.5) is 0 Å². The molecule has 108 valence electrons. The van der Waals surface area contributed by atoms with E-state index in [-0.39, 0.29) is 6.10 Å². The zero-order valence-electron chi connectivity index (χ0n) is 11.7. The molecule has 0 aromatic rings. The van der Waals surface area contributed by atoms with Gasteiger partial charge in [-0.1, -0.05) is 0 Å². The predicted molar refractivity (Wildman–Crippen MR) is 71.8 cm³/mol. The first-order valence-corrected chi connectivity index (χ1v) is 6.99. The van der Waals surface area contributed by atoms with Gasteiger partial charge in [-0.3, -0.25) is 4.90 Å². The van der Waals surface area contributed by atoms with Gasteiger partial charge in [-0.25, -0.2) is 0 Å². The minimum atomic E-state index is -0.407. The highest BCUT2D eigenvalue weighted by atomic mass is 16.5. The molecule has 0 aliphatic carbocycles. The van der Waals surface area contributed by atoms with E-state index in [1.165, 1.54) is 0 Å². The van der Waals surface area contributed by atoms with Crippen LogP contribution in [0.1, 0.15) is 20.3 Å². The van der Waals surface area contributed by atoms with Crippen molar-refractivity contribution in [2.75, 3.05) is 52.5 Å². The van der Waals surface area contributed by atoms with Crippen molar-refractivity contribution in [2.24, 2.45) is 0 Å². The average molecular weight is 260 g/mol. The first kappa shape index (κ1) is 15.9. The number of rotatable bonds is 9. The second-order valence-electron chi connectivity index (χ2n) is 5.05. The maximum absolute atomic E-state index is 9.63. The largest absolute Gasteiger partial charge is 0.389 e. The third-order valence-electron chi connectivity index (χ3n) is 2.93. The number of nitrogens with zero attached hydrogens (tertiary/aromatic N) is 1. The molecule has 0 spiro atoms. The number of aliphatic hydroxyl groups is 1. The molecule has 5 heteroatoms. The molecule has 0 aromatic carbocycles. The van der Waals surface area contributed by atoms with E-state index in [0.29, 0.717) is 13.2 Å². The Labute approximate surface area is 110 Å². The van der Waals surface area contributed by atoms with Crippen molar-refractivity contribution < 1.29 is 14.6 Å². The monoisotopic (exact) mass is 260 g/mol. The Kier molecular flexibility index (Phi) is 8.54. The van der Waals surface area contributed by atoms with Gasteiger partial charge >= 0.3 is 0 Å². The summed E-state index contributed by atoms with van der Waals surface area (Å²) < 4.78 is 10.6. The van der Waals surface area contributed by atoms with Gasteiger partial charge in [0.15, 0.2) is 0 Å². The molecule has 0 aromatic heterocycles. The Morgan fingerprint density at radius 1 is 1.33 bits per heavy atom. The van der Waals surface area contributed by atoms with Crippen LogP contribution in [0, 0.1) is 0 Å². The van der Waals surface area contributed by atoms with E-state index >= 15 is 0 Å². The highest BCUT2D eigenvalue weighted by Gasteiger charge is 2.09. The van der Waals surface area contributed by atoms with Gasteiger partial charge in [-0.05, 0) is 33.4 Å². The van der Waals surface area contributed by atoms with Crippen LogP contribution < -0.4 is 5.32 Å². The fourth-order valence-electron chi connectivity index (χ4n) is 1.88. The molecule has 1 atom stereocenters.